The Bertz CT molecular complexity index is 498. The van der Waals surface area contributed by atoms with E-state index in [2.05, 4.69) is 12.2 Å². The fourth-order valence-corrected chi connectivity index (χ4v) is 3.22. The number of rotatable bonds is 2. The fraction of sp³-hybridized carbons (Fsp3) is 0.588. The number of nitrogens with one attached hydrogen (secondary N) is 1. The second kappa shape index (κ2) is 6.67. The van der Waals surface area contributed by atoms with Gasteiger partial charge in [-0.3, -0.25) is 0 Å². The van der Waals surface area contributed by atoms with Gasteiger partial charge in [-0.15, -0.1) is 0 Å². The van der Waals surface area contributed by atoms with Crippen LogP contribution in [0.15, 0.2) is 30.3 Å². The van der Waals surface area contributed by atoms with Gasteiger partial charge in [0.1, 0.15) is 6.61 Å². The molecule has 22 heavy (non-hydrogen) atoms. The van der Waals surface area contributed by atoms with Crippen LogP contribution in [0.25, 0.3) is 0 Å². The summed E-state index contributed by atoms with van der Waals surface area (Å²) in [4.78, 5) is 13.9. The molecule has 2 aliphatic rings. The van der Waals surface area contributed by atoms with Crippen LogP contribution in [0.4, 0.5) is 4.79 Å². The molecule has 1 aromatic carbocycles. The predicted molar refractivity (Wildman–Crippen MR) is 83.6 cm³/mol. The molecule has 0 unspecified atom stereocenters. The van der Waals surface area contributed by atoms with Crippen LogP contribution < -0.4 is 5.32 Å². The van der Waals surface area contributed by atoms with E-state index in [1.807, 2.05) is 30.3 Å². The average Bonchev–Trinajstić information content (AvgIpc) is 2.54. The molecule has 2 fully saturated rings. The summed E-state index contributed by atoms with van der Waals surface area (Å²) < 4.78 is 11.5. The fourth-order valence-electron chi connectivity index (χ4n) is 3.22. The number of amides is 1. The van der Waals surface area contributed by atoms with Gasteiger partial charge in [0.2, 0.25) is 0 Å². The van der Waals surface area contributed by atoms with Crippen LogP contribution in [-0.2, 0) is 16.1 Å². The molecule has 1 N–H and O–H groups in total. The zero-order valence-electron chi connectivity index (χ0n) is 13.1. The number of nitrogens with zero attached hydrogens (tertiary/aromatic N) is 1. The minimum absolute atomic E-state index is 0.103. The van der Waals surface area contributed by atoms with E-state index < -0.39 is 0 Å². The lowest BCUT2D eigenvalue weighted by atomic mass is 9.89. The number of hydrogen-bond donors (Lipinski definition) is 1. The van der Waals surface area contributed by atoms with E-state index in [4.69, 9.17) is 9.47 Å². The third kappa shape index (κ3) is 3.59. The van der Waals surface area contributed by atoms with E-state index in [-0.39, 0.29) is 17.8 Å². The number of likely N-dealkylation sites (tertiary alicyclic amines) is 1. The van der Waals surface area contributed by atoms with Gasteiger partial charge in [-0.2, -0.15) is 0 Å². The lowest BCUT2D eigenvalue weighted by Crippen LogP contribution is -2.58. The molecule has 2 heterocycles. The van der Waals surface area contributed by atoms with Crippen LogP contribution in [0.3, 0.4) is 0 Å². The molecular formula is C17H24N2O3. The minimum atomic E-state index is -0.226. The second-order valence-electron chi connectivity index (χ2n) is 6.27. The Morgan fingerprint density at radius 1 is 1.36 bits per heavy atom. The highest BCUT2D eigenvalue weighted by atomic mass is 16.6. The van der Waals surface area contributed by atoms with E-state index in [1.165, 1.54) is 0 Å². The summed E-state index contributed by atoms with van der Waals surface area (Å²) in [6.45, 7) is 5.60. The van der Waals surface area contributed by atoms with E-state index >= 15 is 0 Å². The normalized spacial score (nSPS) is 24.2. The van der Waals surface area contributed by atoms with Gasteiger partial charge in [-0.1, -0.05) is 30.3 Å². The zero-order chi connectivity index (χ0) is 15.4. The van der Waals surface area contributed by atoms with E-state index in [9.17, 15) is 4.79 Å². The molecule has 0 aliphatic carbocycles. The molecule has 1 spiro atoms. The van der Waals surface area contributed by atoms with E-state index in [0.29, 0.717) is 19.7 Å². The van der Waals surface area contributed by atoms with Gasteiger partial charge in [0.15, 0.2) is 0 Å². The first-order chi connectivity index (χ1) is 10.7. The van der Waals surface area contributed by atoms with Gasteiger partial charge in [0.25, 0.3) is 0 Å². The van der Waals surface area contributed by atoms with Crippen molar-refractivity contribution in [1.29, 1.82) is 0 Å². The molecule has 1 aromatic rings. The predicted octanol–water partition coefficient (Wildman–Crippen LogP) is 2.17. The Labute approximate surface area is 131 Å². The van der Waals surface area contributed by atoms with Crippen molar-refractivity contribution < 1.29 is 14.3 Å². The molecule has 120 valence electrons. The van der Waals surface area contributed by atoms with Gasteiger partial charge in [-0.25, -0.2) is 4.79 Å². The highest BCUT2D eigenvalue weighted by Gasteiger charge is 2.40. The summed E-state index contributed by atoms with van der Waals surface area (Å²) in [6, 6.07) is 9.77. The number of benzene rings is 1. The first kappa shape index (κ1) is 15.3. The third-order valence-corrected chi connectivity index (χ3v) is 4.47. The quantitative estimate of drug-likeness (QED) is 0.910. The molecule has 5 heteroatoms. The molecule has 3 rings (SSSR count). The standard InChI is InChI=1S/C17H24N2O3/c1-14-11-18-13-17(22-14)7-9-19(10-8-17)16(20)21-12-15-5-3-2-4-6-15/h2-6,14,18H,7-13H2,1H3/t14-/m0/s1. The van der Waals surface area contributed by atoms with Crippen LogP contribution in [0.2, 0.25) is 0 Å². The topological polar surface area (TPSA) is 50.8 Å². The van der Waals surface area contributed by atoms with E-state index in [1.54, 1.807) is 4.90 Å². The van der Waals surface area contributed by atoms with Crippen LogP contribution in [-0.4, -0.2) is 48.9 Å². The molecule has 1 amide bonds. The Hall–Kier alpha value is -1.59. The first-order valence-electron chi connectivity index (χ1n) is 8.01. The molecule has 0 radical (unpaired) electrons. The van der Waals surface area contributed by atoms with Crippen molar-refractivity contribution >= 4 is 6.09 Å². The summed E-state index contributed by atoms with van der Waals surface area (Å²) >= 11 is 0. The van der Waals surface area contributed by atoms with Gasteiger partial charge in [-0.05, 0) is 25.3 Å². The lowest BCUT2D eigenvalue weighted by Gasteiger charge is -2.45. The van der Waals surface area contributed by atoms with Crippen molar-refractivity contribution in [3.8, 4) is 0 Å². The first-order valence-corrected chi connectivity index (χ1v) is 8.01. The summed E-state index contributed by atoms with van der Waals surface area (Å²) in [5, 5.41) is 3.43. The summed E-state index contributed by atoms with van der Waals surface area (Å²) in [7, 11) is 0. The minimum Gasteiger partial charge on any atom is -0.445 e. The Balaban J connectivity index is 1.47. The third-order valence-electron chi connectivity index (χ3n) is 4.47. The number of piperidine rings is 1. The summed E-state index contributed by atoms with van der Waals surface area (Å²) in [6.07, 6.45) is 1.75. The molecule has 2 aliphatic heterocycles. The van der Waals surface area contributed by atoms with Crippen molar-refractivity contribution in [1.82, 2.24) is 10.2 Å². The summed E-state index contributed by atoms with van der Waals surface area (Å²) in [5.41, 5.74) is 0.909. The number of carbonyl (C=O) groups excluding carboxylic acids is 1. The van der Waals surface area contributed by atoms with Crippen molar-refractivity contribution in [2.24, 2.45) is 0 Å². The highest BCUT2D eigenvalue weighted by Crippen LogP contribution is 2.29. The van der Waals surface area contributed by atoms with Gasteiger partial charge in [0.05, 0.1) is 11.7 Å². The monoisotopic (exact) mass is 304 g/mol. The molecule has 0 saturated carbocycles. The Morgan fingerprint density at radius 3 is 2.77 bits per heavy atom. The van der Waals surface area contributed by atoms with Crippen LogP contribution in [0.1, 0.15) is 25.3 Å². The molecule has 0 aromatic heterocycles. The number of carbonyl (C=O) groups is 1. The van der Waals surface area contributed by atoms with Crippen molar-refractivity contribution in [3.63, 3.8) is 0 Å². The zero-order valence-corrected chi connectivity index (χ0v) is 13.1. The Morgan fingerprint density at radius 2 is 2.09 bits per heavy atom. The van der Waals surface area contributed by atoms with Gasteiger partial charge < -0.3 is 19.7 Å². The average molecular weight is 304 g/mol. The Kier molecular flexibility index (Phi) is 4.64. The van der Waals surface area contributed by atoms with Crippen molar-refractivity contribution in [2.45, 2.75) is 38.1 Å². The van der Waals surface area contributed by atoms with E-state index in [0.717, 1.165) is 31.5 Å². The smallest absolute Gasteiger partial charge is 0.410 e. The lowest BCUT2D eigenvalue weighted by molar-refractivity contribution is -0.133. The maximum atomic E-state index is 12.2. The molecule has 0 bridgehead atoms. The number of morpholine rings is 1. The highest BCUT2D eigenvalue weighted by molar-refractivity contribution is 5.67. The molecular weight excluding hydrogens is 280 g/mol. The summed E-state index contributed by atoms with van der Waals surface area (Å²) in [5.74, 6) is 0. The largest absolute Gasteiger partial charge is 0.445 e. The van der Waals surface area contributed by atoms with Crippen LogP contribution in [0.5, 0.6) is 0 Å². The maximum Gasteiger partial charge on any atom is 0.410 e. The van der Waals surface area contributed by atoms with Crippen molar-refractivity contribution in [2.75, 3.05) is 26.2 Å². The molecule has 1 atom stereocenters. The molecule has 2 saturated heterocycles. The maximum absolute atomic E-state index is 12.2. The van der Waals surface area contributed by atoms with Crippen LogP contribution in [0, 0.1) is 0 Å². The molecule has 5 nitrogen and oxygen atoms in total. The SMILES string of the molecule is C[C@H]1CNCC2(CCN(C(=O)OCc3ccccc3)CC2)O1. The van der Waals surface area contributed by atoms with Gasteiger partial charge in [0, 0.05) is 26.2 Å². The van der Waals surface area contributed by atoms with Gasteiger partial charge >= 0.3 is 6.09 Å². The van der Waals surface area contributed by atoms with Crippen molar-refractivity contribution in [3.05, 3.63) is 35.9 Å². The number of hydrogen-bond acceptors (Lipinski definition) is 4. The van der Waals surface area contributed by atoms with Crippen LogP contribution >= 0.6 is 0 Å². The number of ether oxygens (including phenoxy) is 2. The second-order valence-corrected chi connectivity index (χ2v) is 6.27.